The molecule has 84 heavy (non-hydrogen) atoms. The van der Waals surface area contributed by atoms with Crippen LogP contribution < -0.4 is 0 Å². The molecule has 0 amide bonds. The summed E-state index contributed by atoms with van der Waals surface area (Å²) in [4.78, 5) is 60.1. The normalized spacial score (nSPS) is 18.5. The molecule has 1 fully saturated rings. The number of aromatic nitrogens is 4. The fraction of sp³-hybridized carbons (Fsp3) is 0.250. The molecule has 0 radical (unpaired) electrons. The van der Waals surface area contributed by atoms with E-state index >= 15 is 19.2 Å². The number of allylic oxidation sites excluding steroid dienone is 2. The fourth-order valence-corrected chi connectivity index (χ4v) is 14.3. The number of hydrogen-bond donors (Lipinski definition) is 0. The molecule has 3 aliphatic rings. The van der Waals surface area contributed by atoms with Crippen LogP contribution in [0.2, 0.25) is 0 Å². The van der Waals surface area contributed by atoms with E-state index in [-0.39, 0.29) is 26.4 Å². The lowest BCUT2D eigenvalue weighted by atomic mass is 9.53. The molecule has 12 aromatic rings. The molecule has 8 aromatic carbocycles. The molecule has 4 heterocycles. The number of esters is 4. The van der Waals surface area contributed by atoms with Crippen LogP contribution in [0.25, 0.3) is 87.2 Å². The average molecular weight is 1110 g/mol. The number of nitrogens with zero attached hydrogens (tertiary/aromatic N) is 4. The Bertz CT molecular complexity index is 3740. The van der Waals surface area contributed by atoms with Crippen molar-refractivity contribution in [2.24, 2.45) is 35.5 Å². The summed E-state index contributed by atoms with van der Waals surface area (Å²) in [5.41, 5.74) is 8.68. The lowest BCUT2D eigenvalue weighted by molar-refractivity contribution is -0.186. The molecule has 12 heteroatoms. The van der Waals surface area contributed by atoms with Crippen LogP contribution in [0, 0.1) is 35.5 Å². The highest BCUT2D eigenvalue weighted by Crippen LogP contribution is 2.53. The Morgan fingerprint density at radius 3 is 0.607 bits per heavy atom. The summed E-state index contributed by atoms with van der Waals surface area (Å²) in [5, 5.41) is 9.17. The molecule has 4 aromatic heterocycles. The molecule has 12 nitrogen and oxygen atoms in total. The molecule has 2 bridgehead atoms. The second kappa shape index (κ2) is 22.7. The molecule has 1 saturated carbocycles. The SMILES string of the molecule is O=C(OCCCn1c2ccccc2c2ccccc21)C1C2C=CC(C1C(=O)OCCCn1c3ccccc3c3ccccc31)C(C(=O)OCCCn1c3ccccc3c3ccccc31)C2C(=O)OCCCn1c2ccccc2c2ccccc21. The standard InChI is InChI=1S/C72H64N4O8/c77-69(81-43-17-39-73-57-29-9-1-21-47(57)48-22-2-10-30-58(48)73)65-55-37-38-56(66(65)70(78)82-44-18-40-74-59-31-11-3-23-49(59)50-24-4-12-32-60(50)74)68(72(80)84-46-20-42-76-63-35-15-7-27-53(63)54-28-8-16-36-64(54)76)67(55)71(79)83-45-19-41-75-61-33-13-5-25-51(61)52-26-6-14-34-62(52)75/h1-16,21-38,55-56,65-68H,17-20,39-46H2. The van der Waals surface area contributed by atoms with E-state index in [9.17, 15) is 0 Å². The summed E-state index contributed by atoms with van der Waals surface area (Å²) in [6, 6.07) is 66.2. The molecular formula is C72H64N4O8. The number of fused-ring (bicyclic) bond motifs is 14. The lowest BCUT2D eigenvalue weighted by Crippen LogP contribution is -2.58. The van der Waals surface area contributed by atoms with Gasteiger partial charge in [-0.05, 0) is 74.2 Å². The van der Waals surface area contributed by atoms with Crippen molar-refractivity contribution in [2.45, 2.75) is 51.9 Å². The number of aryl methyl sites for hydroxylation is 4. The molecule has 4 unspecified atom stereocenters. The van der Waals surface area contributed by atoms with Gasteiger partial charge in [0.1, 0.15) is 0 Å². The predicted molar refractivity (Wildman–Crippen MR) is 330 cm³/mol. The van der Waals surface area contributed by atoms with Gasteiger partial charge in [-0.2, -0.15) is 0 Å². The maximum atomic E-state index is 15.0. The molecular weight excluding hydrogens is 1050 g/mol. The molecule has 0 spiro atoms. The Hall–Kier alpha value is -9.42. The second-order valence-corrected chi connectivity index (χ2v) is 22.5. The third kappa shape index (κ3) is 9.34. The molecule has 0 saturated heterocycles. The molecule has 0 aliphatic heterocycles. The van der Waals surface area contributed by atoms with Gasteiger partial charge in [0.15, 0.2) is 0 Å². The van der Waals surface area contributed by atoms with E-state index < -0.39 is 59.4 Å². The van der Waals surface area contributed by atoms with Gasteiger partial charge >= 0.3 is 23.9 Å². The highest BCUT2D eigenvalue weighted by molar-refractivity contribution is 6.10. The van der Waals surface area contributed by atoms with E-state index in [1.807, 2.05) is 109 Å². The average Bonchev–Trinajstić information content (AvgIpc) is 2.91. The molecule has 15 rings (SSSR count). The number of carbonyl (C=O) groups is 4. The third-order valence-electron chi connectivity index (χ3n) is 17.9. The van der Waals surface area contributed by atoms with Crippen molar-refractivity contribution in [2.75, 3.05) is 26.4 Å². The number of rotatable bonds is 20. The Morgan fingerprint density at radius 2 is 0.429 bits per heavy atom. The van der Waals surface area contributed by atoms with E-state index in [4.69, 9.17) is 18.9 Å². The zero-order chi connectivity index (χ0) is 56.7. The van der Waals surface area contributed by atoms with Crippen molar-refractivity contribution in [3.05, 3.63) is 206 Å². The maximum Gasteiger partial charge on any atom is 0.310 e. The first-order valence-corrected chi connectivity index (χ1v) is 29.6. The summed E-state index contributed by atoms with van der Waals surface area (Å²) in [7, 11) is 0. The first kappa shape index (κ1) is 52.6. The van der Waals surface area contributed by atoms with Gasteiger partial charge in [0, 0.05) is 125 Å². The second-order valence-electron chi connectivity index (χ2n) is 22.5. The van der Waals surface area contributed by atoms with Gasteiger partial charge in [0.05, 0.1) is 50.1 Å². The van der Waals surface area contributed by atoms with E-state index in [0.29, 0.717) is 51.9 Å². The molecule has 3 aliphatic carbocycles. The number of benzene rings is 8. The minimum atomic E-state index is -1.15. The molecule has 420 valence electrons. The zero-order valence-electron chi connectivity index (χ0n) is 46.6. The zero-order valence-corrected chi connectivity index (χ0v) is 46.6. The van der Waals surface area contributed by atoms with Crippen molar-refractivity contribution in [1.82, 2.24) is 18.3 Å². The monoisotopic (exact) mass is 1110 g/mol. The Kier molecular flexibility index (Phi) is 14.2. The third-order valence-corrected chi connectivity index (χ3v) is 17.9. The van der Waals surface area contributed by atoms with Crippen LogP contribution in [0.5, 0.6) is 0 Å². The van der Waals surface area contributed by atoms with Gasteiger partial charge in [-0.1, -0.05) is 158 Å². The quantitative estimate of drug-likeness (QED) is 0.0320. The summed E-state index contributed by atoms with van der Waals surface area (Å²) in [5.74, 6) is -8.93. The predicted octanol–water partition coefficient (Wildman–Crippen LogP) is 14.2. The minimum Gasteiger partial charge on any atom is -0.465 e. The van der Waals surface area contributed by atoms with Crippen LogP contribution in [-0.4, -0.2) is 68.6 Å². The maximum absolute atomic E-state index is 15.0. The van der Waals surface area contributed by atoms with Gasteiger partial charge in [-0.15, -0.1) is 0 Å². The Morgan fingerprint density at radius 1 is 0.262 bits per heavy atom. The highest BCUT2D eigenvalue weighted by atomic mass is 16.5. The molecule has 0 N–H and O–H groups in total. The summed E-state index contributed by atoms with van der Waals surface area (Å²) in [6.07, 6.45) is 5.59. The van der Waals surface area contributed by atoms with Gasteiger partial charge in [-0.25, -0.2) is 0 Å². The Labute approximate surface area is 485 Å². The van der Waals surface area contributed by atoms with Crippen molar-refractivity contribution < 1.29 is 38.1 Å². The van der Waals surface area contributed by atoms with E-state index in [2.05, 4.69) is 115 Å². The minimum absolute atomic E-state index is 0.0626. The van der Waals surface area contributed by atoms with Crippen LogP contribution in [0.3, 0.4) is 0 Å². The summed E-state index contributed by atoms with van der Waals surface area (Å²) >= 11 is 0. The van der Waals surface area contributed by atoms with Crippen molar-refractivity contribution in [3.63, 3.8) is 0 Å². The summed E-state index contributed by atoms with van der Waals surface area (Å²) < 4.78 is 33.9. The number of hydrogen-bond acceptors (Lipinski definition) is 8. The van der Waals surface area contributed by atoms with Gasteiger partial charge in [0.2, 0.25) is 0 Å². The van der Waals surface area contributed by atoms with Crippen molar-refractivity contribution in [1.29, 1.82) is 0 Å². The van der Waals surface area contributed by atoms with E-state index in [1.165, 1.54) is 0 Å². The molecule has 4 atom stereocenters. The van der Waals surface area contributed by atoms with Crippen LogP contribution in [0.4, 0.5) is 0 Å². The topological polar surface area (TPSA) is 125 Å². The van der Waals surface area contributed by atoms with Gasteiger partial charge in [0.25, 0.3) is 0 Å². The number of para-hydroxylation sites is 8. The van der Waals surface area contributed by atoms with Crippen LogP contribution in [0.15, 0.2) is 206 Å². The van der Waals surface area contributed by atoms with Gasteiger partial charge < -0.3 is 37.2 Å². The van der Waals surface area contributed by atoms with Crippen LogP contribution in [0.1, 0.15) is 25.7 Å². The Balaban J connectivity index is 0.737. The number of carbonyl (C=O) groups excluding carboxylic acids is 4. The lowest BCUT2D eigenvalue weighted by Gasteiger charge is -2.49. The number of ether oxygens (including phenoxy) is 4. The van der Waals surface area contributed by atoms with Crippen LogP contribution >= 0.6 is 0 Å². The van der Waals surface area contributed by atoms with Crippen molar-refractivity contribution >= 4 is 111 Å². The fourth-order valence-electron chi connectivity index (χ4n) is 14.3. The first-order valence-electron chi connectivity index (χ1n) is 29.6. The summed E-state index contributed by atoms with van der Waals surface area (Å²) in [6.45, 7) is 2.54. The van der Waals surface area contributed by atoms with Crippen LogP contribution in [-0.2, 0) is 64.3 Å². The van der Waals surface area contributed by atoms with Gasteiger partial charge in [-0.3, -0.25) is 19.2 Å². The first-order chi connectivity index (χ1) is 41.4. The smallest absolute Gasteiger partial charge is 0.310 e. The highest BCUT2D eigenvalue weighted by Gasteiger charge is 2.62. The largest absolute Gasteiger partial charge is 0.465 e. The van der Waals surface area contributed by atoms with E-state index in [1.54, 1.807) is 0 Å². The van der Waals surface area contributed by atoms with E-state index in [0.717, 1.165) is 87.2 Å². The van der Waals surface area contributed by atoms with Crippen molar-refractivity contribution in [3.8, 4) is 0 Å².